The molecule has 0 aliphatic heterocycles. The van der Waals surface area contributed by atoms with Crippen LogP contribution in [0.25, 0.3) is 0 Å². The van der Waals surface area contributed by atoms with Gasteiger partial charge in [-0.1, -0.05) is 0 Å². The van der Waals surface area contributed by atoms with Gasteiger partial charge in [0.2, 0.25) is 15.9 Å². The van der Waals surface area contributed by atoms with Crippen molar-refractivity contribution in [3.63, 3.8) is 0 Å². The molecule has 1 rings (SSSR count). The molecule has 0 heterocycles. The van der Waals surface area contributed by atoms with Gasteiger partial charge < -0.3 is 24.0 Å². The summed E-state index contributed by atoms with van der Waals surface area (Å²) in [6.45, 7) is 12.2. The molecule has 0 spiro atoms. The predicted molar refractivity (Wildman–Crippen MR) is 139 cm³/mol. The molecule has 0 fully saturated rings. The van der Waals surface area contributed by atoms with Crippen molar-refractivity contribution in [2.45, 2.75) is 58.5 Å². The number of carbonyl (C=O) groups excluding carboxylic acids is 2. The Morgan fingerprint density at radius 3 is 2.08 bits per heavy atom. The van der Waals surface area contributed by atoms with Crippen molar-refractivity contribution in [2.75, 3.05) is 60.6 Å². The minimum absolute atomic E-state index is 0.0780. The molecule has 0 saturated carbocycles. The van der Waals surface area contributed by atoms with Gasteiger partial charge in [0.15, 0.2) is 0 Å². The first-order valence-corrected chi connectivity index (χ1v) is 13.5. The van der Waals surface area contributed by atoms with Crippen molar-refractivity contribution in [1.29, 1.82) is 0 Å². The van der Waals surface area contributed by atoms with E-state index in [9.17, 15) is 18.0 Å². The van der Waals surface area contributed by atoms with Gasteiger partial charge in [-0.05, 0) is 71.2 Å². The van der Waals surface area contributed by atoms with Crippen LogP contribution in [0.2, 0.25) is 0 Å². The Bertz CT molecular complexity index is 967. The highest BCUT2D eigenvalue weighted by Gasteiger charge is 2.25. The quantitative estimate of drug-likeness (QED) is 0.362. The number of ether oxygens (including phenoxy) is 3. The number of hydrogen-bond donors (Lipinski definition) is 0. The highest BCUT2D eigenvalue weighted by molar-refractivity contribution is 7.89. The van der Waals surface area contributed by atoms with E-state index in [4.69, 9.17) is 14.2 Å². The van der Waals surface area contributed by atoms with E-state index >= 15 is 0 Å². The lowest BCUT2D eigenvalue weighted by Crippen LogP contribution is -2.38. The third-order valence-corrected chi connectivity index (χ3v) is 7.64. The van der Waals surface area contributed by atoms with Crippen LogP contribution in [0.15, 0.2) is 17.0 Å². The van der Waals surface area contributed by atoms with Crippen LogP contribution in [-0.4, -0.2) is 101 Å². The summed E-state index contributed by atoms with van der Waals surface area (Å²) in [6.07, 6.45) is 0.191. The molecule has 36 heavy (non-hydrogen) atoms. The maximum absolute atomic E-state index is 13.1. The van der Waals surface area contributed by atoms with Crippen molar-refractivity contribution in [1.82, 2.24) is 14.1 Å². The maximum atomic E-state index is 13.1. The van der Waals surface area contributed by atoms with E-state index in [1.165, 1.54) is 23.4 Å². The molecule has 0 saturated heterocycles. The highest BCUT2D eigenvalue weighted by atomic mass is 32.2. The van der Waals surface area contributed by atoms with E-state index in [1.54, 1.807) is 37.9 Å². The fraction of sp³-hybridized carbons (Fsp3) is 0.680. The largest absolute Gasteiger partial charge is 0.497 e. The Labute approximate surface area is 216 Å². The molecular weight excluding hydrogens is 486 g/mol. The summed E-state index contributed by atoms with van der Waals surface area (Å²) < 4.78 is 43.4. The third kappa shape index (κ3) is 9.59. The Morgan fingerprint density at radius 1 is 1.00 bits per heavy atom. The molecule has 0 aliphatic carbocycles. The van der Waals surface area contributed by atoms with Crippen LogP contribution >= 0.6 is 0 Å². The van der Waals surface area contributed by atoms with Crippen molar-refractivity contribution in [2.24, 2.45) is 0 Å². The van der Waals surface area contributed by atoms with Crippen LogP contribution in [-0.2, 0) is 24.3 Å². The maximum Gasteiger partial charge on any atom is 0.410 e. The number of aryl methyl sites for hydroxylation is 2. The average molecular weight is 530 g/mol. The van der Waals surface area contributed by atoms with Crippen molar-refractivity contribution in [3.8, 4) is 5.75 Å². The zero-order valence-corrected chi connectivity index (χ0v) is 24.0. The molecule has 0 unspecified atom stereocenters. The molecule has 0 atom stereocenters. The molecule has 0 aliphatic rings. The summed E-state index contributed by atoms with van der Waals surface area (Å²) in [6, 6.07) is 3.38. The predicted octanol–water partition coefficient (Wildman–Crippen LogP) is 3.05. The number of rotatable bonds is 13. The molecule has 1 aromatic rings. The molecule has 10 nitrogen and oxygen atoms in total. The molecule has 0 N–H and O–H groups in total. The summed E-state index contributed by atoms with van der Waals surface area (Å²) in [5.74, 6) is 0.412. The van der Waals surface area contributed by atoms with Gasteiger partial charge in [0.25, 0.3) is 0 Å². The minimum Gasteiger partial charge on any atom is -0.497 e. The van der Waals surface area contributed by atoms with E-state index in [-0.39, 0.29) is 30.6 Å². The lowest BCUT2D eigenvalue weighted by molar-refractivity contribution is -0.136. The standard InChI is InChI=1S/C25H43N3O7S/c1-10-28(13-11-12-26(7)24(30)35-25(4,5)6)22(29)18-34-15-14-27(8)36(31,32)23-19(2)16-21(33-9)17-20(23)3/h16-17H,10-15,18H2,1-9H3. The van der Waals surface area contributed by atoms with Gasteiger partial charge in [0, 0.05) is 40.3 Å². The van der Waals surface area contributed by atoms with E-state index in [0.29, 0.717) is 42.9 Å². The Morgan fingerprint density at radius 2 is 1.58 bits per heavy atom. The molecule has 0 aromatic heterocycles. The first-order chi connectivity index (χ1) is 16.6. The average Bonchev–Trinajstić information content (AvgIpc) is 2.77. The second kappa shape index (κ2) is 13.8. The number of carbonyl (C=O) groups is 2. The first-order valence-electron chi connectivity index (χ1n) is 12.0. The van der Waals surface area contributed by atoms with Gasteiger partial charge in [-0.15, -0.1) is 0 Å². The van der Waals surface area contributed by atoms with Gasteiger partial charge in [-0.2, -0.15) is 4.31 Å². The summed E-state index contributed by atoms with van der Waals surface area (Å²) in [5.41, 5.74) is 0.643. The number of sulfonamides is 1. The number of nitrogens with zero attached hydrogens (tertiary/aromatic N) is 3. The number of likely N-dealkylation sites (N-methyl/N-ethyl adjacent to an activating group) is 2. The fourth-order valence-corrected chi connectivity index (χ4v) is 5.10. The van der Waals surface area contributed by atoms with E-state index < -0.39 is 21.7 Å². The topological polar surface area (TPSA) is 106 Å². The molecule has 0 bridgehead atoms. The lowest BCUT2D eigenvalue weighted by Gasteiger charge is -2.26. The van der Waals surface area contributed by atoms with Gasteiger partial charge >= 0.3 is 6.09 Å². The summed E-state index contributed by atoms with van der Waals surface area (Å²) in [5, 5.41) is 0. The Kier molecular flexibility index (Phi) is 12.1. The van der Waals surface area contributed by atoms with Crippen LogP contribution < -0.4 is 4.74 Å². The molecule has 11 heteroatoms. The zero-order valence-electron chi connectivity index (χ0n) is 23.2. The highest BCUT2D eigenvalue weighted by Crippen LogP contribution is 2.27. The summed E-state index contributed by atoms with van der Waals surface area (Å²) >= 11 is 0. The van der Waals surface area contributed by atoms with Crippen LogP contribution in [0.4, 0.5) is 4.79 Å². The monoisotopic (exact) mass is 529 g/mol. The van der Waals surface area contributed by atoms with Crippen molar-refractivity contribution in [3.05, 3.63) is 23.3 Å². The van der Waals surface area contributed by atoms with Gasteiger partial charge in [-0.3, -0.25) is 4.79 Å². The number of hydrogen-bond acceptors (Lipinski definition) is 7. The van der Waals surface area contributed by atoms with Crippen LogP contribution in [0.1, 0.15) is 45.2 Å². The normalized spacial score (nSPS) is 11.9. The minimum atomic E-state index is -3.73. The summed E-state index contributed by atoms with van der Waals surface area (Å²) in [4.78, 5) is 28.0. The molecular formula is C25H43N3O7S. The number of amides is 2. The fourth-order valence-electron chi connectivity index (χ4n) is 3.54. The first kappa shape index (κ1) is 31.7. The second-order valence-corrected chi connectivity index (χ2v) is 11.7. The van der Waals surface area contributed by atoms with E-state index in [1.807, 2.05) is 27.7 Å². The van der Waals surface area contributed by atoms with Gasteiger partial charge in [-0.25, -0.2) is 13.2 Å². The van der Waals surface area contributed by atoms with Crippen LogP contribution in [0.5, 0.6) is 5.75 Å². The molecule has 1 aromatic carbocycles. The number of methoxy groups -OCH3 is 1. The molecule has 2 amide bonds. The lowest BCUT2D eigenvalue weighted by atomic mass is 10.1. The van der Waals surface area contributed by atoms with E-state index in [0.717, 1.165) is 0 Å². The molecule has 0 radical (unpaired) electrons. The van der Waals surface area contributed by atoms with Gasteiger partial charge in [0.05, 0.1) is 18.6 Å². The van der Waals surface area contributed by atoms with Gasteiger partial charge in [0.1, 0.15) is 18.0 Å². The van der Waals surface area contributed by atoms with Crippen LogP contribution in [0.3, 0.4) is 0 Å². The molecule has 206 valence electrons. The second-order valence-electron chi connectivity index (χ2n) is 9.70. The third-order valence-electron chi connectivity index (χ3n) is 5.48. The Hall–Kier alpha value is -2.37. The van der Waals surface area contributed by atoms with E-state index in [2.05, 4.69) is 0 Å². The summed E-state index contributed by atoms with van der Waals surface area (Å²) in [7, 11) is 0.962. The Balaban J connectivity index is 2.53. The number of benzene rings is 1. The zero-order chi connectivity index (χ0) is 27.7. The smallest absolute Gasteiger partial charge is 0.410 e. The van der Waals surface area contributed by atoms with Crippen LogP contribution in [0, 0.1) is 13.8 Å². The van der Waals surface area contributed by atoms with Crippen molar-refractivity contribution < 1.29 is 32.2 Å². The van der Waals surface area contributed by atoms with Crippen molar-refractivity contribution >= 4 is 22.0 Å². The SMILES string of the molecule is CCN(CCCN(C)C(=O)OC(C)(C)C)C(=O)COCCN(C)S(=O)(=O)c1c(C)cc(OC)cc1C.